The maximum Gasteiger partial charge on any atom is 0.249 e. The van der Waals surface area contributed by atoms with Gasteiger partial charge in [-0.3, -0.25) is 9.10 Å². The fourth-order valence-electron chi connectivity index (χ4n) is 4.32. The van der Waals surface area contributed by atoms with Crippen LogP contribution in [-0.2, 0) is 20.5 Å². The SMILES string of the molecule is O=C1COC[C@@H](c2ccc(Cl)cc2)N1C(CN(c1ncccc1F)S(=O)C1CC1)C1CC1. The highest BCUT2D eigenvalue weighted by molar-refractivity contribution is 7.87. The van der Waals surface area contributed by atoms with Crippen LogP contribution in [-0.4, -0.2) is 51.1 Å². The monoisotopic (exact) mass is 477 g/mol. The van der Waals surface area contributed by atoms with Crippen molar-refractivity contribution in [3.05, 3.63) is 59.0 Å². The van der Waals surface area contributed by atoms with Gasteiger partial charge in [0.15, 0.2) is 11.6 Å². The summed E-state index contributed by atoms with van der Waals surface area (Å²) < 4.78 is 35.2. The van der Waals surface area contributed by atoms with Crippen LogP contribution in [0.25, 0.3) is 0 Å². The van der Waals surface area contributed by atoms with Crippen LogP contribution in [0.2, 0.25) is 5.02 Å². The zero-order valence-electron chi connectivity index (χ0n) is 17.5. The molecule has 32 heavy (non-hydrogen) atoms. The van der Waals surface area contributed by atoms with Crippen molar-refractivity contribution in [1.82, 2.24) is 9.88 Å². The lowest BCUT2D eigenvalue weighted by molar-refractivity contribution is -0.152. The molecule has 2 aliphatic carbocycles. The molecule has 1 aromatic carbocycles. The fourth-order valence-corrected chi connectivity index (χ4v) is 5.94. The molecule has 2 aromatic rings. The molecule has 1 amide bonds. The number of amides is 1. The molecule has 1 aromatic heterocycles. The molecule has 3 aliphatic rings. The summed E-state index contributed by atoms with van der Waals surface area (Å²) in [6, 6.07) is 9.80. The minimum atomic E-state index is -1.40. The number of carbonyl (C=O) groups is 1. The first-order valence-corrected chi connectivity index (χ1v) is 12.5. The second-order valence-corrected chi connectivity index (χ2v) is 10.7. The summed E-state index contributed by atoms with van der Waals surface area (Å²) >= 11 is 6.07. The Morgan fingerprint density at radius 2 is 1.97 bits per heavy atom. The van der Waals surface area contributed by atoms with Crippen LogP contribution in [0.3, 0.4) is 0 Å². The predicted octanol–water partition coefficient (Wildman–Crippen LogP) is 3.89. The van der Waals surface area contributed by atoms with E-state index in [-0.39, 0.29) is 48.1 Å². The lowest BCUT2D eigenvalue weighted by Gasteiger charge is -2.43. The Morgan fingerprint density at radius 3 is 2.62 bits per heavy atom. The molecule has 2 saturated carbocycles. The zero-order chi connectivity index (χ0) is 22.2. The Kier molecular flexibility index (Phi) is 6.18. The van der Waals surface area contributed by atoms with Gasteiger partial charge in [-0.15, -0.1) is 0 Å². The Morgan fingerprint density at radius 1 is 1.22 bits per heavy atom. The predicted molar refractivity (Wildman–Crippen MR) is 121 cm³/mol. The van der Waals surface area contributed by atoms with Crippen molar-refractivity contribution in [3.63, 3.8) is 0 Å². The highest BCUT2D eigenvalue weighted by atomic mass is 35.5. The molecule has 9 heteroatoms. The van der Waals surface area contributed by atoms with Gasteiger partial charge in [-0.05, 0) is 61.4 Å². The van der Waals surface area contributed by atoms with Gasteiger partial charge in [0.1, 0.15) is 17.6 Å². The van der Waals surface area contributed by atoms with Gasteiger partial charge >= 0.3 is 0 Å². The van der Waals surface area contributed by atoms with E-state index >= 15 is 0 Å². The molecule has 2 unspecified atom stereocenters. The Bertz CT molecular complexity index is 1020. The number of nitrogens with zero attached hydrogens (tertiary/aromatic N) is 3. The van der Waals surface area contributed by atoms with Gasteiger partial charge in [-0.25, -0.2) is 13.6 Å². The molecule has 170 valence electrons. The number of benzene rings is 1. The quantitative estimate of drug-likeness (QED) is 0.578. The number of morpholine rings is 1. The van der Waals surface area contributed by atoms with E-state index in [9.17, 15) is 13.4 Å². The number of aromatic nitrogens is 1. The van der Waals surface area contributed by atoms with Gasteiger partial charge in [-0.1, -0.05) is 23.7 Å². The summed E-state index contributed by atoms with van der Waals surface area (Å²) in [6.45, 7) is 0.661. The van der Waals surface area contributed by atoms with Gasteiger partial charge in [-0.2, -0.15) is 0 Å². The van der Waals surface area contributed by atoms with Crippen LogP contribution in [0, 0.1) is 11.7 Å². The largest absolute Gasteiger partial charge is 0.369 e. The molecule has 0 spiro atoms. The van der Waals surface area contributed by atoms with Crippen LogP contribution >= 0.6 is 11.6 Å². The van der Waals surface area contributed by atoms with Crippen molar-refractivity contribution in [2.45, 2.75) is 43.0 Å². The average molecular weight is 478 g/mol. The van der Waals surface area contributed by atoms with Crippen LogP contribution < -0.4 is 4.31 Å². The van der Waals surface area contributed by atoms with Crippen molar-refractivity contribution in [2.75, 3.05) is 24.1 Å². The van der Waals surface area contributed by atoms with Crippen molar-refractivity contribution < 1.29 is 18.1 Å². The maximum absolute atomic E-state index is 14.7. The van der Waals surface area contributed by atoms with Gasteiger partial charge in [0.2, 0.25) is 5.91 Å². The molecule has 0 N–H and O–H groups in total. The number of pyridine rings is 1. The van der Waals surface area contributed by atoms with E-state index in [0.29, 0.717) is 11.6 Å². The Balaban J connectivity index is 1.49. The molecule has 1 aliphatic heterocycles. The van der Waals surface area contributed by atoms with Gasteiger partial charge in [0.25, 0.3) is 0 Å². The van der Waals surface area contributed by atoms with Crippen LogP contribution in [0.4, 0.5) is 10.2 Å². The molecule has 6 nitrogen and oxygen atoms in total. The van der Waals surface area contributed by atoms with E-state index in [4.69, 9.17) is 16.3 Å². The number of hydrogen-bond acceptors (Lipinski definition) is 4. The minimum Gasteiger partial charge on any atom is -0.369 e. The van der Waals surface area contributed by atoms with Crippen molar-refractivity contribution in [3.8, 4) is 0 Å². The minimum absolute atomic E-state index is 0.0109. The second-order valence-electron chi connectivity index (χ2n) is 8.63. The highest BCUT2D eigenvalue weighted by Gasteiger charge is 2.45. The number of halogens is 2. The van der Waals surface area contributed by atoms with Gasteiger partial charge in [0.05, 0.1) is 30.5 Å². The van der Waals surface area contributed by atoms with E-state index in [1.54, 1.807) is 16.4 Å². The van der Waals surface area contributed by atoms with E-state index in [1.807, 2.05) is 17.0 Å². The van der Waals surface area contributed by atoms with Crippen molar-refractivity contribution >= 4 is 34.3 Å². The molecular formula is C23H25ClFN3O3S. The molecule has 3 fully saturated rings. The van der Waals surface area contributed by atoms with Crippen molar-refractivity contribution in [2.24, 2.45) is 5.92 Å². The molecule has 0 radical (unpaired) electrons. The zero-order valence-corrected chi connectivity index (χ0v) is 19.1. The van der Waals surface area contributed by atoms with Gasteiger partial charge < -0.3 is 9.64 Å². The van der Waals surface area contributed by atoms with Gasteiger partial charge in [0, 0.05) is 11.2 Å². The van der Waals surface area contributed by atoms with E-state index in [2.05, 4.69) is 4.98 Å². The molecule has 2 heterocycles. The lowest BCUT2D eigenvalue weighted by atomic mass is 10.00. The fraction of sp³-hybridized carbons (Fsp3) is 0.478. The highest BCUT2D eigenvalue weighted by Crippen LogP contribution is 2.41. The van der Waals surface area contributed by atoms with Crippen LogP contribution in [0.1, 0.15) is 37.3 Å². The van der Waals surface area contributed by atoms with E-state index in [1.165, 1.54) is 18.3 Å². The number of ether oxygens (including phenoxy) is 1. The standard InChI is InChI=1S/C23H25ClFN3O3S/c24-17-7-5-16(6-8-17)21-13-31-14-22(29)28(21)20(15-3-4-15)12-27(32(30)18-9-10-18)23-19(25)2-1-11-26-23/h1-2,5-8,11,15,18,20-21H,3-4,9-10,12-14H2/t20?,21-,32?/m0/s1. The normalized spacial score (nSPS) is 23.1. The number of rotatable bonds is 8. The molecule has 3 atom stereocenters. The smallest absolute Gasteiger partial charge is 0.249 e. The summed E-state index contributed by atoms with van der Waals surface area (Å²) in [5.41, 5.74) is 0.937. The summed E-state index contributed by atoms with van der Waals surface area (Å²) in [5.74, 6) is -0.241. The molecule has 0 bridgehead atoms. The topological polar surface area (TPSA) is 62.7 Å². The summed E-state index contributed by atoms with van der Waals surface area (Å²) in [6.07, 6.45) is 5.19. The average Bonchev–Trinajstić information content (AvgIpc) is 3.70. The number of anilines is 1. The third-order valence-corrected chi connectivity index (χ3v) is 8.31. The molecular weight excluding hydrogens is 453 g/mol. The van der Waals surface area contributed by atoms with Crippen LogP contribution in [0.5, 0.6) is 0 Å². The number of hydrogen-bond donors (Lipinski definition) is 0. The first-order chi connectivity index (χ1) is 15.5. The Labute approximate surface area is 194 Å². The van der Waals surface area contributed by atoms with Crippen molar-refractivity contribution in [1.29, 1.82) is 0 Å². The van der Waals surface area contributed by atoms with E-state index in [0.717, 1.165) is 31.2 Å². The maximum atomic E-state index is 14.7. The first kappa shape index (κ1) is 21.8. The van der Waals surface area contributed by atoms with Crippen LogP contribution in [0.15, 0.2) is 42.6 Å². The number of carbonyl (C=O) groups excluding carboxylic acids is 1. The second kappa shape index (κ2) is 9.08. The van der Waals surface area contributed by atoms with E-state index < -0.39 is 16.8 Å². The summed E-state index contributed by atoms with van der Waals surface area (Å²) in [4.78, 5) is 19.2. The molecule has 1 saturated heterocycles. The third kappa shape index (κ3) is 4.54. The first-order valence-electron chi connectivity index (χ1n) is 11.0. The third-order valence-electron chi connectivity index (χ3n) is 6.26. The lowest BCUT2D eigenvalue weighted by Crippen LogP contribution is -2.55. The molecule has 5 rings (SSSR count). The summed E-state index contributed by atoms with van der Waals surface area (Å²) in [7, 11) is -1.40. The Hall–Kier alpha value is -2.03. The summed E-state index contributed by atoms with van der Waals surface area (Å²) in [5, 5.41) is 0.641.